The molecule has 2 N–H and O–H groups in total. The van der Waals surface area contributed by atoms with E-state index >= 15 is 0 Å². The SMILES string of the molecule is COc1ccc(/C(C)=N/O)c(OC2CCCCNC2=O)c1. The lowest BCUT2D eigenvalue weighted by atomic mass is 10.1. The highest BCUT2D eigenvalue weighted by Gasteiger charge is 2.24. The number of carbonyl (C=O) groups excluding carboxylic acids is 1. The molecule has 1 aliphatic heterocycles. The molecule has 1 aromatic carbocycles. The standard InChI is InChI=1S/C15H20N2O4/c1-10(17-19)12-7-6-11(20-2)9-14(12)21-13-5-3-4-8-16-15(13)18/h6-7,9,13,19H,3-5,8H2,1-2H3,(H,16,18)/b17-10+. The summed E-state index contributed by atoms with van der Waals surface area (Å²) in [5, 5.41) is 15.0. The predicted molar refractivity (Wildman–Crippen MR) is 78.3 cm³/mol. The van der Waals surface area contributed by atoms with E-state index in [0.717, 1.165) is 12.8 Å². The summed E-state index contributed by atoms with van der Waals surface area (Å²) in [6, 6.07) is 5.20. The quantitative estimate of drug-likeness (QED) is 0.505. The van der Waals surface area contributed by atoms with Crippen molar-refractivity contribution in [2.24, 2.45) is 5.16 Å². The highest BCUT2D eigenvalue weighted by Crippen LogP contribution is 2.27. The van der Waals surface area contributed by atoms with Gasteiger partial charge in [-0.2, -0.15) is 0 Å². The molecule has 0 aromatic heterocycles. The second kappa shape index (κ2) is 6.97. The first kappa shape index (κ1) is 15.2. The van der Waals surface area contributed by atoms with Gasteiger partial charge in [-0.1, -0.05) is 5.16 Å². The highest BCUT2D eigenvalue weighted by atomic mass is 16.5. The average Bonchev–Trinajstić information content (AvgIpc) is 2.71. The van der Waals surface area contributed by atoms with Crippen molar-refractivity contribution >= 4 is 11.6 Å². The minimum atomic E-state index is -0.537. The molecule has 2 rings (SSSR count). The number of nitrogens with zero attached hydrogens (tertiary/aromatic N) is 1. The molecule has 0 aliphatic carbocycles. The lowest BCUT2D eigenvalue weighted by molar-refractivity contribution is -0.127. The zero-order valence-electron chi connectivity index (χ0n) is 12.3. The van der Waals surface area contributed by atoms with Gasteiger partial charge in [0.05, 0.1) is 12.8 Å². The van der Waals surface area contributed by atoms with Crippen LogP contribution in [0.1, 0.15) is 31.7 Å². The number of oxime groups is 1. The Morgan fingerprint density at radius 2 is 2.24 bits per heavy atom. The van der Waals surface area contributed by atoms with Crippen LogP contribution in [0.2, 0.25) is 0 Å². The highest BCUT2D eigenvalue weighted by molar-refractivity contribution is 6.01. The second-order valence-corrected chi connectivity index (χ2v) is 4.94. The number of amides is 1. The minimum absolute atomic E-state index is 0.111. The smallest absolute Gasteiger partial charge is 0.261 e. The van der Waals surface area contributed by atoms with E-state index in [0.29, 0.717) is 35.7 Å². The molecule has 6 nitrogen and oxygen atoms in total. The fraction of sp³-hybridized carbons (Fsp3) is 0.467. The van der Waals surface area contributed by atoms with Crippen LogP contribution >= 0.6 is 0 Å². The Hall–Kier alpha value is -2.24. The van der Waals surface area contributed by atoms with Crippen LogP contribution in [0.5, 0.6) is 11.5 Å². The summed E-state index contributed by atoms with van der Waals surface area (Å²) in [5.74, 6) is 0.986. The molecule has 1 unspecified atom stereocenters. The van der Waals surface area contributed by atoms with Gasteiger partial charge in [-0.05, 0) is 38.3 Å². The summed E-state index contributed by atoms with van der Waals surface area (Å²) < 4.78 is 11.0. The number of hydrogen-bond acceptors (Lipinski definition) is 5. The van der Waals surface area contributed by atoms with Gasteiger partial charge < -0.3 is 20.0 Å². The van der Waals surface area contributed by atoms with E-state index in [1.807, 2.05) is 0 Å². The van der Waals surface area contributed by atoms with Crippen LogP contribution in [0.3, 0.4) is 0 Å². The molecule has 1 atom stereocenters. The Balaban J connectivity index is 2.29. The van der Waals surface area contributed by atoms with Crippen LogP contribution in [-0.2, 0) is 4.79 Å². The Bertz CT molecular complexity index is 542. The molecule has 1 saturated heterocycles. The van der Waals surface area contributed by atoms with Crippen molar-refractivity contribution in [2.45, 2.75) is 32.3 Å². The summed E-state index contributed by atoms with van der Waals surface area (Å²) in [5.41, 5.74) is 1.05. The number of carbonyl (C=O) groups is 1. The molecular formula is C15H20N2O4. The summed E-state index contributed by atoms with van der Waals surface area (Å²) >= 11 is 0. The number of nitrogens with one attached hydrogen (secondary N) is 1. The van der Waals surface area contributed by atoms with Crippen molar-refractivity contribution in [3.8, 4) is 11.5 Å². The van der Waals surface area contributed by atoms with Crippen molar-refractivity contribution in [3.63, 3.8) is 0 Å². The van der Waals surface area contributed by atoms with Gasteiger partial charge in [-0.3, -0.25) is 4.79 Å². The fourth-order valence-electron chi connectivity index (χ4n) is 2.26. The van der Waals surface area contributed by atoms with Crippen LogP contribution < -0.4 is 14.8 Å². The van der Waals surface area contributed by atoms with Crippen molar-refractivity contribution in [1.29, 1.82) is 0 Å². The van der Waals surface area contributed by atoms with Gasteiger partial charge in [-0.15, -0.1) is 0 Å². The van der Waals surface area contributed by atoms with Crippen molar-refractivity contribution < 1.29 is 19.5 Å². The van der Waals surface area contributed by atoms with Crippen molar-refractivity contribution in [3.05, 3.63) is 23.8 Å². The van der Waals surface area contributed by atoms with E-state index in [4.69, 9.17) is 14.7 Å². The van der Waals surface area contributed by atoms with Gasteiger partial charge >= 0.3 is 0 Å². The largest absolute Gasteiger partial charge is 0.497 e. The Morgan fingerprint density at radius 1 is 1.43 bits per heavy atom. The van der Waals surface area contributed by atoms with E-state index in [2.05, 4.69) is 10.5 Å². The van der Waals surface area contributed by atoms with Crippen LogP contribution in [-0.4, -0.2) is 36.6 Å². The average molecular weight is 292 g/mol. The molecule has 6 heteroatoms. The zero-order chi connectivity index (χ0) is 15.2. The first-order chi connectivity index (χ1) is 10.2. The number of hydrogen-bond donors (Lipinski definition) is 2. The maximum atomic E-state index is 12.0. The third kappa shape index (κ3) is 3.65. The van der Waals surface area contributed by atoms with Gasteiger partial charge in [0.2, 0.25) is 0 Å². The molecule has 114 valence electrons. The first-order valence-electron chi connectivity index (χ1n) is 6.97. The van der Waals surface area contributed by atoms with E-state index in [-0.39, 0.29) is 5.91 Å². The third-order valence-electron chi connectivity index (χ3n) is 3.48. The lowest BCUT2D eigenvalue weighted by Gasteiger charge is -2.18. The number of methoxy groups -OCH3 is 1. The Labute approximate surface area is 123 Å². The van der Waals surface area contributed by atoms with E-state index in [9.17, 15) is 4.79 Å². The molecule has 1 aromatic rings. The number of ether oxygens (including phenoxy) is 2. The van der Waals surface area contributed by atoms with E-state index < -0.39 is 6.10 Å². The lowest BCUT2D eigenvalue weighted by Crippen LogP contribution is -2.36. The van der Waals surface area contributed by atoms with Gasteiger partial charge in [0.25, 0.3) is 5.91 Å². The zero-order valence-corrected chi connectivity index (χ0v) is 12.3. The third-order valence-corrected chi connectivity index (χ3v) is 3.48. The monoisotopic (exact) mass is 292 g/mol. The van der Waals surface area contributed by atoms with Crippen LogP contribution in [0, 0.1) is 0 Å². The summed E-state index contributed by atoms with van der Waals surface area (Å²) in [7, 11) is 1.56. The Kier molecular flexibility index (Phi) is 5.03. The van der Waals surface area contributed by atoms with Crippen LogP contribution in [0.15, 0.2) is 23.4 Å². The van der Waals surface area contributed by atoms with Gasteiger partial charge in [0, 0.05) is 18.2 Å². The van der Waals surface area contributed by atoms with Gasteiger partial charge in [-0.25, -0.2) is 0 Å². The molecule has 1 aliphatic rings. The topological polar surface area (TPSA) is 80.2 Å². The normalized spacial score (nSPS) is 19.6. The molecule has 1 amide bonds. The van der Waals surface area contributed by atoms with Crippen LogP contribution in [0.4, 0.5) is 0 Å². The van der Waals surface area contributed by atoms with Crippen molar-refractivity contribution in [1.82, 2.24) is 5.32 Å². The maximum Gasteiger partial charge on any atom is 0.261 e. The molecule has 0 saturated carbocycles. The van der Waals surface area contributed by atoms with Crippen molar-refractivity contribution in [2.75, 3.05) is 13.7 Å². The molecule has 0 radical (unpaired) electrons. The fourth-order valence-corrected chi connectivity index (χ4v) is 2.26. The van der Waals surface area contributed by atoms with Gasteiger partial charge in [0.1, 0.15) is 11.5 Å². The van der Waals surface area contributed by atoms with E-state index in [1.165, 1.54) is 0 Å². The van der Waals surface area contributed by atoms with Gasteiger partial charge in [0.15, 0.2) is 6.10 Å². The molecule has 1 fully saturated rings. The molecule has 1 heterocycles. The second-order valence-electron chi connectivity index (χ2n) is 4.94. The van der Waals surface area contributed by atoms with E-state index in [1.54, 1.807) is 32.2 Å². The summed E-state index contributed by atoms with van der Waals surface area (Å²) in [4.78, 5) is 12.0. The predicted octanol–water partition coefficient (Wildman–Crippen LogP) is 1.94. The molecule has 0 bridgehead atoms. The summed E-state index contributed by atoms with van der Waals surface area (Å²) in [6.45, 7) is 2.35. The molecule has 21 heavy (non-hydrogen) atoms. The maximum absolute atomic E-state index is 12.0. The molecular weight excluding hydrogens is 272 g/mol. The van der Waals surface area contributed by atoms with Crippen LogP contribution in [0.25, 0.3) is 0 Å². The first-order valence-corrected chi connectivity index (χ1v) is 6.97. The minimum Gasteiger partial charge on any atom is -0.497 e. The molecule has 0 spiro atoms. The summed E-state index contributed by atoms with van der Waals surface area (Å²) in [6.07, 6.45) is 2.01. The number of benzene rings is 1. The number of rotatable bonds is 4. The Morgan fingerprint density at radius 3 is 2.95 bits per heavy atom.